The van der Waals surface area contributed by atoms with E-state index in [9.17, 15) is 0 Å². The van der Waals surface area contributed by atoms with Crippen LogP contribution in [0.3, 0.4) is 0 Å². The van der Waals surface area contributed by atoms with E-state index < -0.39 is 0 Å². The molecule has 7 heteroatoms. The molecule has 0 aliphatic rings. The van der Waals surface area contributed by atoms with E-state index in [-0.39, 0.29) is 6.10 Å². The van der Waals surface area contributed by atoms with Crippen molar-refractivity contribution < 1.29 is 14.2 Å². The molecule has 0 bridgehead atoms. The van der Waals surface area contributed by atoms with Gasteiger partial charge in [0.25, 0.3) is 0 Å². The Bertz CT molecular complexity index is 931. The first-order valence-electron chi connectivity index (χ1n) is 8.94. The molecule has 0 spiro atoms. The van der Waals surface area contributed by atoms with Gasteiger partial charge in [0.05, 0.1) is 26.0 Å². The number of rotatable bonds is 8. The largest absolute Gasteiger partial charge is 0.493 e. The second-order valence-electron chi connectivity index (χ2n) is 6.25. The van der Waals surface area contributed by atoms with E-state index in [1.807, 2.05) is 56.3 Å². The van der Waals surface area contributed by atoms with Crippen LogP contribution in [-0.2, 0) is 0 Å². The van der Waals surface area contributed by atoms with Crippen molar-refractivity contribution >= 4 is 23.1 Å². The Balaban J connectivity index is 1.78. The molecular weight excluding hydrogens is 356 g/mol. The summed E-state index contributed by atoms with van der Waals surface area (Å²) in [5, 5.41) is 6.46. The first-order chi connectivity index (χ1) is 13.6. The Morgan fingerprint density at radius 3 is 2.39 bits per heavy atom. The second kappa shape index (κ2) is 8.94. The third kappa shape index (κ3) is 4.82. The Morgan fingerprint density at radius 2 is 1.64 bits per heavy atom. The zero-order chi connectivity index (χ0) is 19.9. The summed E-state index contributed by atoms with van der Waals surface area (Å²) < 4.78 is 16.4. The van der Waals surface area contributed by atoms with Gasteiger partial charge in [0.15, 0.2) is 11.5 Å². The molecule has 0 unspecified atom stereocenters. The van der Waals surface area contributed by atoms with Crippen molar-refractivity contribution in [2.75, 3.05) is 24.9 Å². The lowest BCUT2D eigenvalue weighted by atomic mass is 10.2. The van der Waals surface area contributed by atoms with E-state index in [0.717, 1.165) is 17.1 Å². The molecule has 0 fully saturated rings. The van der Waals surface area contributed by atoms with Gasteiger partial charge in [-0.25, -0.2) is 4.98 Å². The topological polar surface area (TPSA) is 77.5 Å². The molecule has 2 N–H and O–H groups in total. The number of hydrogen-bond acceptors (Lipinski definition) is 7. The van der Waals surface area contributed by atoms with E-state index in [1.54, 1.807) is 26.5 Å². The summed E-state index contributed by atoms with van der Waals surface area (Å²) in [5.74, 6) is 3.16. The number of nitrogens with zero attached hydrogens (tertiary/aromatic N) is 2. The quantitative estimate of drug-likeness (QED) is 0.583. The van der Waals surface area contributed by atoms with Crippen LogP contribution in [-0.4, -0.2) is 30.3 Å². The SMILES string of the molecule is COc1ccc(Nc2nccc(Nc3ccccc3OC(C)C)n2)cc1OC. The molecule has 1 heterocycles. The summed E-state index contributed by atoms with van der Waals surface area (Å²) in [7, 11) is 3.20. The Labute approximate surface area is 164 Å². The number of aromatic nitrogens is 2. The van der Waals surface area contributed by atoms with Crippen molar-refractivity contribution in [1.82, 2.24) is 9.97 Å². The van der Waals surface area contributed by atoms with Crippen LogP contribution >= 0.6 is 0 Å². The van der Waals surface area contributed by atoms with Gasteiger partial charge in [0, 0.05) is 18.0 Å². The monoisotopic (exact) mass is 380 g/mol. The first-order valence-corrected chi connectivity index (χ1v) is 8.94. The molecule has 2 aromatic carbocycles. The molecule has 1 aromatic heterocycles. The summed E-state index contributed by atoms with van der Waals surface area (Å²) in [6.45, 7) is 3.99. The van der Waals surface area contributed by atoms with E-state index in [1.165, 1.54) is 0 Å². The van der Waals surface area contributed by atoms with Gasteiger partial charge in [-0.3, -0.25) is 0 Å². The molecule has 146 valence electrons. The maximum absolute atomic E-state index is 5.84. The summed E-state index contributed by atoms with van der Waals surface area (Å²) in [4.78, 5) is 8.80. The van der Waals surface area contributed by atoms with Crippen LogP contribution in [0, 0.1) is 0 Å². The van der Waals surface area contributed by atoms with E-state index >= 15 is 0 Å². The van der Waals surface area contributed by atoms with Crippen LogP contribution in [0.15, 0.2) is 54.7 Å². The molecule has 0 saturated heterocycles. The maximum Gasteiger partial charge on any atom is 0.229 e. The lowest BCUT2D eigenvalue weighted by Crippen LogP contribution is -2.08. The zero-order valence-corrected chi connectivity index (χ0v) is 16.4. The fourth-order valence-corrected chi connectivity index (χ4v) is 2.60. The Kier molecular flexibility index (Phi) is 6.16. The maximum atomic E-state index is 5.84. The second-order valence-corrected chi connectivity index (χ2v) is 6.25. The number of ether oxygens (including phenoxy) is 3. The average molecular weight is 380 g/mol. The van der Waals surface area contributed by atoms with Crippen LogP contribution in [0.5, 0.6) is 17.2 Å². The molecule has 0 aliphatic heterocycles. The highest BCUT2D eigenvalue weighted by molar-refractivity contribution is 5.65. The normalized spacial score (nSPS) is 10.5. The molecule has 28 heavy (non-hydrogen) atoms. The van der Waals surface area contributed by atoms with E-state index in [2.05, 4.69) is 20.6 Å². The summed E-state index contributed by atoms with van der Waals surface area (Å²) in [6, 6.07) is 15.1. The highest BCUT2D eigenvalue weighted by atomic mass is 16.5. The van der Waals surface area contributed by atoms with Crippen molar-refractivity contribution in [2.45, 2.75) is 20.0 Å². The fourth-order valence-electron chi connectivity index (χ4n) is 2.60. The van der Waals surface area contributed by atoms with Gasteiger partial charge in [-0.1, -0.05) is 12.1 Å². The fraction of sp³-hybridized carbons (Fsp3) is 0.238. The first kappa shape index (κ1) is 19.3. The summed E-state index contributed by atoms with van der Waals surface area (Å²) in [6.07, 6.45) is 1.76. The van der Waals surface area contributed by atoms with Crippen molar-refractivity contribution in [1.29, 1.82) is 0 Å². The molecule has 0 saturated carbocycles. The predicted molar refractivity (Wildman–Crippen MR) is 110 cm³/mol. The van der Waals surface area contributed by atoms with Crippen molar-refractivity contribution in [2.24, 2.45) is 0 Å². The molecule has 0 amide bonds. The molecule has 7 nitrogen and oxygen atoms in total. The smallest absolute Gasteiger partial charge is 0.229 e. The van der Waals surface area contributed by atoms with Gasteiger partial charge < -0.3 is 24.8 Å². The summed E-state index contributed by atoms with van der Waals surface area (Å²) in [5.41, 5.74) is 1.63. The van der Waals surface area contributed by atoms with Gasteiger partial charge in [-0.15, -0.1) is 0 Å². The van der Waals surface area contributed by atoms with Gasteiger partial charge in [-0.05, 0) is 44.2 Å². The zero-order valence-electron chi connectivity index (χ0n) is 16.4. The lowest BCUT2D eigenvalue weighted by molar-refractivity contribution is 0.244. The minimum absolute atomic E-state index is 0.0793. The molecular formula is C21H24N4O3. The Hall–Kier alpha value is -3.48. The number of nitrogens with one attached hydrogen (secondary N) is 2. The van der Waals surface area contributed by atoms with E-state index in [4.69, 9.17) is 14.2 Å². The minimum atomic E-state index is 0.0793. The van der Waals surface area contributed by atoms with Gasteiger partial charge in [-0.2, -0.15) is 4.98 Å². The summed E-state index contributed by atoms with van der Waals surface area (Å²) >= 11 is 0. The van der Waals surface area contributed by atoms with Crippen molar-refractivity contribution in [3.05, 3.63) is 54.7 Å². The average Bonchev–Trinajstić information content (AvgIpc) is 2.69. The van der Waals surface area contributed by atoms with Crippen molar-refractivity contribution in [3.63, 3.8) is 0 Å². The highest BCUT2D eigenvalue weighted by Gasteiger charge is 2.08. The molecule has 0 aliphatic carbocycles. The molecule has 0 atom stereocenters. The molecule has 3 aromatic rings. The van der Waals surface area contributed by atoms with Crippen molar-refractivity contribution in [3.8, 4) is 17.2 Å². The minimum Gasteiger partial charge on any atom is -0.493 e. The lowest BCUT2D eigenvalue weighted by Gasteiger charge is -2.15. The van der Waals surface area contributed by atoms with Gasteiger partial charge in [0.1, 0.15) is 11.6 Å². The van der Waals surface area contributed by atoms with Gasteiger partial charge in [0.2, 0.25) is 5.95 Å². The third-order valence-corrected chi connectivity index (χ3v) is 3.81. The van der Waals surface area contributed by atoms with Crippen LogP contribution in [0.2, 0.25) is 0 Å². The van der Waals surface area contributed by atoms with Gasteiger partial charge >= 0.3 is 0 Å². The Morgan fingerprint density at radius 1 is 0.857 bits per heavy atom. The third-order valence-electron chi connectivity index (χ3n) is 3.81. The van der Waals surface area contributed by atoms with Crippen LogP contribution in [0.4, 0.5) is 23.1 Å². The number of hydrogen-bond donors (Lipinski definition) is 2. The standard InChI is InChI=1S/C21H24N4O3/c1-14(2)28-17-8-6-5-7-16(17)24-20-11-12-22-21(25-20)23-15-9-10-18(26-3)19(13-15)27-4/h5-14H,1-4H3,(H2,22,23,24,25). The van der Waals surface area contributed by atoms with Crippen LogP contribution in [0.25, 0.3) is 0 Å². The molecule has 3 rings (SSSR count). The molecule has 0 radical (unpaired) electrons. The predicted octanol–water partition coefficient (Wildman–Crippen LogP) is 4.77. The van der Waals surface area contributed by atoms with Crippen LogP contribution in [0.1, 0.15) is 13.8 Å². The number of anilines is 4. The highest BCUT2D eigenvalue weighted by Crippen LogP contribution is 2.31. The van der Waals surface area contributed by atoms with Crippen LogP contribution < -0.4 is 24.8 Å². The number of benzene rings is 2. The van der Waals surface area contributed by atoms with E-state index in [0.29, 0.717) is 23.3 Å². The number of methoxy groups -OCH3 is 2. The number of para-hydroxylation sites is 2.